The van der Waals surface area contributed by atoms with Crippen LogP contribution in [-0.4, -0.2) is 72.7 Å². The molecule has 0 unspecified atom stereocenters. The van der Waals surface area contributed by atoms with Gasteiger partial charge in [0.05, 0.1) is 23.2 Å². The fraction of sp³-hybridized carbons (Fsp3) is 0.464. The molecule has 2 atom stereocenters. The molecule has 44 heavy (non-hydrogen) atoms. The summed E-state index contributed by atoms with van der Waals surface area (Å²) in [6.45, 7) is 0.603. The molecule has 0 aliphatic heterocycles. The molecule has 0 bridgehead atoms. The summed E-state index contributed by atoms with van der Waals surface area (Å²) in [6, 6.07) is 4.21. The maximum Gasteiger partial charge on any atom is 0.416 e. The number of nitrogens with zero attached hydrogens (tertiary/aromatic N) is 1. The number of Topliss-reactive ketones (excluding diaryl/α,β-unsaturated/α-hetero) is 1. The number of carbonyl (C=O) groups is 3. The van der Waals surface area contributed by atoms with Gasteiger partial charge in [-0.25, -0.2) is 0 Å². The molecular formula is C28H36BF6N5O4. The largest absolute Gasteiger partial charge is 0.446 e. The van der Waals surface area contributed by atoms with Gasteiger partial charge in [-0.1, -0.05) is 31.1 Å². The zero-order chi connectivity index (χ0) is 33.2. The standard InChI is InChI=1S/C28H36BF6N5O4/c1-29(44)21-7-4-18(14-20(21)28(33,34)35)16-24(41)23(15-17-2-5-19(6-3-17)27(30,31)32)39-26(43)22(38)8-9-25(42)40(12-10-36)13-11-37/h2-7,14,22-23,44H,8-13,15-16,36-38H2,1H3,(H,39,43)/t22-,23+/m0/s1. The van der Waals surface area contributed by atoms with Gasteiger partial charge in [0.2, 0.25) is 11.8 Å². The first kappa shape index (κ1) is 36.7. The Bertz CT molecular complexity index is 1270. The van der Waals surface area contributed by atoms with E-state index in [1.54, 1.807) is 0 Å². The number of halogens is 6. The number of alkyl halides is 6. The van der Waals surface area contributed by atoms with Gasteiger partial charge in [0.25, 0.3) is 0 Å². The third-order valence-corrected chi connectivity index (χ3v) is 6.83. The van der Waals surface area contributed by atoms with Crippen LogP contribution in [0.2, 0.25) is 6.82 Å². The van der Waals surface area contributed by atoms with E-state index in [1.165, 1.54) is 11.0 Å². The van der Waals surface area contributed by atoms with Crippen molar-refractivity contribution < 1.29 is 45.8 Å². The molecule has 0 saturated heterocycles. The molecule has 2 rings (SSSR count). The quantitative estimate of drug-likeness (QED) is 0.146. The minimum Gasteiger partial charge on any atom is -0.446 e. The van der Waals surface area contributed by atoms with Crippen LogP contribution in [0.5, 0.6) is 0 Å². The van der Waals surface area contributed by atoms with Crippen molar-refractivity contribution in [2.24, 2.45) is 17.2 Å². The Balaban J connectivity index is 2.28. The van der Waals surface area contributed by atoms with Crippen molar-refractivity contribution in [1.82, 2.24) is 10.2 Å². The maximum absolute atomic E-state index is 13.6. The fourth-order valence-corrected chi connectivity index (χ4v) is 4.48. The Kier molecular flexibility index (Phi) is 13.4. The summed E-state index contributed by atoms with van der Waals surface area (Å²) in [5.74, 6) is -1.92. The van der Waals surface area contributed by atoms with Crippen molar-refractivity contribution >= 4 is 30.0 Å². The van der Waals surface area contributed by atoms with Crippen molar-refractivity contribution in [1.29, 1.82) is 0 Å². The second-order valence-electron chi connectivity index (χ2n) is 10.3. The lowest BCUT2D eigenvalue weighted by Crippen LogP contribution is -2.50. The van der Waals surface area contributed by atoms with Crippen molar-refractivity contribution in [3.63, 3.8) is 0 Å². The van der Waals surface area contributed by atoms with Gasteiger partial charge in [0, 0.05) is 39.0 Å². The number of ketones is 1. The number of nitrogens with one attached hydrogen (secondary N) is 1. The average molecular weight is 631 g/mol. The smallest absolute Gasteiger partial charge is 0.416 e. The molecule has 0 aromatic heterocycles. The predicted molar refractivity (Wildman–Crippen MR) is 153 cm³/mol. The fourth-order valence-electron chi connectivity index (χ4n) is 4.48. The number of benzene rings is 2. The van der Waals surface area contributed by atoms with Gasteiger partial charge in [0.1, 0.15) is 0 Å². The van der Waals surface area contributed by atoms with E-state index >= 15 is 0 Å². The summed E-state index contributed by atoms with van der Waals surface area (Å²) < 4.78 is 79.9. The minimum absolute atomic E-state index is 0.0619. The normalized spacial score (nSPS) is 13.2. The molecule has 0 aliphatic carbocycles. The van der Waals surface area contributed by atoms with Crippen LogP contribution in [0.4, 0.5) is 26.3 Å². The first-order valence-corrected chi connectivity index (χ1v) is 13.8. The Morgan fingerprint density at radius 3 is 2.00 bits per heavy atom. The second kappa shape index (κ2) is 16.0. The molecule has 0 radical (unpaired) electrons. The average Bonchev–Trinajstić information content (AvgIpc) is 2.94. The van der Waals surface area contributed by atoms with Gasteiger partial charge in [-0.3, -0.25) is 14.4 Å². The van der Waals surface area contributed by atoms with Crippen LogP contribution >= 0.6 is 0 Å². The number of hydrogen-bond acceptors (Lipinski definition) is 7. The maximum atomic E-state index is 13.6. The lowest BCUT2D eigenvalue weighted by molar-refractivity contribution is -0.138. The SMILES string of the molecule is CB(O)c1ccc(CC(=O)[C@@H](Cc2ccc(C(F)(F)F)cc2)NC(=O)[C@@H](N)CCC(=O)N(CCN)CCN)cc1C(F)(F)F. The van der Waals surface area contributed by atoms with Crippen molar-refractivity contribution in [3.05, 3.63) is 64.7 Å². The van der Waals surface area contributed by atoms with Gasteiger partial charge < -0.3 is 32.4 Å². The number of carbonyl (C=O) groups excluding carboxylic acids is 3. The highest BCUT2D eigenvalue weighted by Gasteiger charge is 2.36. The van der Waals surface area contributed by atoms with E-state index in [2.05, 4.69) is 5.32 Å². The summed E-state index contributed by atoms with van der Waals surface area (Å²) in [5.41, 5.74) is 14.7. The van der Waals surface area contributed by atoms with Gasteiger partial charge >= 0.3 is 19.3 Å². The Morgan fingerprint density at radius 2 is 1.50 bits per heavy atom. The third kappa shape index (κ3) is 10.9. The van der Waals surface area contributed by atoms with Crippen LogP contribution in [0, 0.1) is 0 Å². The summed E-state index contributed by atoms with van der Waals surface area (Å²) in [5, 5.41) is 12.2. The Labute approximate surface area is 251 Å². The highest BCUT2D eigenvalue weighted by molar-refractivity contribution is 6.65. The van der Waals surface area contributed by atoms with Crippen molar-refractivity contribution in [2.75, 3.05) is 26.2 Å². The zero-order valence-electron chi connectivity index (χ0n) is 24.0. The monoisotopic (exact) mass is 631 g/mol. The van der Waals surface area contributed by atoms with Crippen LogP contribution in [-0.2, 0) is 39.6 Å². The molecule has 0 fully saturated rings. The molecule has 16 heteroatoms. The molecule has 0 aliphatic rings. The van der Waals surface area contributed by atoms with E-state index in [0.717, 1.165) is 43.2 Å². The predicted octanol–water partition coefficient (Wildman–Crippen LogP) is 1.24. The van der Waals surface area contributed by atoms with Crippen LogP contribution in [0.1, 0.15) is 35.1 Å². The Hall–Kier alpha value is -3.47. The van der Waals surface area contributed by atoms with Gasteiger partial charge in [-0.05, 0) is 47.6 Å². The Morgan fingerprint density at radius 1 is 0.932 bits per heavy atom. The number of amides is 2. The van der Waals surface area contributed by atoms with Crippen LogP contribution < -0.4 is 28.0 Å². The molecule has 2 aromatic carbocycles. The van der Waals surface area contributed by atoms with E-state index in [0.29, 0.717) is 0 Å². The lowest BCUT2D eigenvalue weighted by atomic mass is 9.62. The molecule has 8 N–H and O–H groups in total. The van der Waals surface area contributed by atoms with Gasteiger partial charge in [-0.15, -0.1) is 0 Å². The van der Waals surface area contributed by atoms with Gasteiger partial charge in [0.15, 0.2) is 5.78 Å². The van der Waals surface area contributed by atoms with Crippen LogP contribution in [0.25, 0.3) is 0 Å². The summed E-state index contributed by atoms with van der Waals surface area (Å²) in [4.78, 5) is 40.2. The van der Waals surface area contributed by atoms with Crippen LogP contribution in [0.15, 0.2) is 42.5 Å². The van der Waals surface area contributed by atoms with Crippen LogP contribution in [0.3, 0.4) is 0 Å². The molecule has 242 valence electrons. The molecule has 0 heterocycles. The summed E-state index contributed by atoms with van der Waals surface area (Å²) in [7, 11) is 0. The van der Waals surface area contributed by atoms with E-state index in [9.17, 15) is 45.8 Å². The van der Waals surface area contributed by atoms with E-state index in [4.69, 9.17) is 17.2 Å². The van der Waals surface area contributed by atoms with Crippen molar-refractivity contribution in [2.45, 2.75) is 56.9 Å². The first-order chi connectivity index (χ1) is 20.5. The molecule has 9 nitrogen and oxygen atoms in total. The number of nitrogens with two attached hydrogens (primary N) is 3. The summed E-state index contributed by atoms with van der Waals surface area (Å²) in [6.07, 6.45) is -10.5. The lowest BCUT2D eigenvalue weighted by Gasteiger charge is -2.23. The molecule has 2 amide bonds. The molecule has 2 aromatic rings. The molecular weight excluding hydrogens is 595 g/mol. The van der Waals surface area contributed by atoms with E-state index in [1.807, 2.05) is 0 Å². The first-order valence-electron chi connectivity index (χ1n) is 13.8. The number of hydrogen-bond donors (Lipinski definition) is 5. The third-order valence-electron chi connectivity index (χ3n) is 6.83. The van der Waals surface area contributed by atoms with E-state index < -0.39 is 60.6 Å². The van der Waals surface area contributed by atoms with E-state index in [-0.39, 0.29) is 67.9 Å². The minimum atomic E-state index is -4.83. The highest BCUT2D eigenvalue weighted by Crippen LogP contribution is 2.30. The second-order valence-corrected chi connectivity index (χ2v) is 10.3. The topological polar surface area (TPSA) is 165 Å². The number of rotatable bonds is 15. The van der Waals surface area contributed by atoms with Crippen molar-refractivity contribution in [3.8, 4) is 0 Å². The molecule has 0 saturated carbocycles. The highest BCUT2D eigenvalue weighted by atomic mass is 19.4. The zero-order valence-corrected chi connectivity index (χ0v) is 24.0. The van der Waals surface area contributed by atoms with Gasteiger partial charge in [-0.2, -0.15) is 26.3 Å². The molecule has 0 spiro atoms. The summed E-state index contributed by atoms with van der Waals surface area (Å²) >= 11 is 0.